The Balaban J connectivity index is 2.19. The van der Waals surface area contributed by atoms with Crippen molar-refractivity contribution in [3.63, 3.8) is 0 Å². The highest BCUT2D eigenvalue weighted by molar-refractivity contribution is 5.97. The molecule has 4 heteroatoms. The molecule has 98 valence electrons. The Morgan fingerprint density at radius 2 is 2.22 bits per heavy atom. The minimum Gasteiger partial charge on any atom is -0.507 e. The van der Waals surface area contributed by atoms with Crippen LogP contribution in [-0.4, -0.2) is 35.0 Å². The number of hydrogen-bond donors (Lipinski definition) is 2. The van der Waals surface area contributed by atoms with Crippen LogP contribution in [0.4, 0.5) is 0 Å². The molecule has 4 nitrogen and oxygen atoms in total. The van der Waals surface area contributed by atoms with Gasteiger partial charge in [0.25, 0.3) is 5.91 Å². The van der Waals surface area contributed by atoms with Gasteiger partial charge >= 0.3 is 0 Å². The quantitative estimate of drug-likeness (QED) is 0.832. The number of amides is 1. The van der Waals surface area contributed by atoms with E-state index in [-0.39, 0.29) is 11.7 Å². The predicted molar refractivity (Wildman–Crippen MR) is 70.6 cm³/mol. The summed E-state index contributed by atoms with van der Waals surface area (Å²) in [5.41, 5.74) is 6.64. The number of carbonyl (C=O) groups excluding carboxylic acids is 1. The number of hydrogen-bond acceptors (Lipinski definition) is 3. The molecule has 1 amide bonds. The molecular weight excluding hydrogens is 228 g/mol. The first-order chi connectivity index (χ1) is 8.65. The highest BCUT2D eigenvalue weighted by Crippen LogP contribution is 2.31. The SMILES string of the molecule is Cc1cccc(C(=O)N(CCCN)C2CC2)c1O. The second-order valence-electron chi connectivity index (χ2n) is 4.84. The van der Waals surface area contributed by atoms with Crippen LogP contribution in [0.2, 0.25) is 0 Å². The maximum atomic E-state index is 12.4. The Morgan fingerprint density at radius 1 is 1.50 bits per heavy atom. The van der Waals surface area contributed by atoms with E-state index in [1.807, 2.05) is 4.90 Å². The van der Waals surface area contributed by atoms with Gasteiger partial charge in [0, 0.05) is 12.6 Å². The Bertz CT molecular complexity index is 441. The molecule has 0 unspecified atom stereocenters. The minimum absolute atomic E-state index is 0.0767. The predicted octanol–water partition coefficient (Wildman–Crippen LogP) is 1.65. The summed E-state index contributed by atoms with van der Waals surface area (Å²) >= 11 is 0. The molecule has 0 aromatic heterocycles. The van der Waals surface area contributed by atoms with Gasteiger partial charge < -0.3 is 15.7 Å². The van der Waals surface area contributed by atoms with Gasteiger partial charge in [-0.05, 0) is 44.4 Å². The lowest BCUT2D eigenvalue weighted by molar-refractivity contribution is 0.0739. The van der Waals surface area contributed by atoms with Crippen molar-refractivity contribution in [2.45, 2.75) is 32.2 Å². The van der Waals surface area contributed by atoms with E-state index < -0.39 is 0 Å². The van der Waals surface area contributed by atoms with E-state index >= 15 is 0 Å². The van der Waals surface area contributed by atoms with E-state index in [0.717, 1.165) is 24.8 Å². The fourth-order valence-corrected chi connectivity index (χ4v) is 2.08. The van der Waals surface area contributed by atoms with Crippen LogP contribution in [0, 0.1) is 6.92 Å². The molecule has 0 aliphatic heterocycles. The smallest absolute Gasteiger partial charge is 0.257 e. The number of benzene rings is 1. The van der Waals surface area contributed by atoms with Gasteiger partial charge in [-0.15, -0.1) is 0 Å². The summed E-state index contributed by atoms with van der Waals surface area (Å²) in [6, 6.07) is 5.62. The number of rotatable bonds is 5. The molecule has 18 heavy (non-hydrogen) atoms. The minimum atomic E-state index is -0.0767. The van der Waals surface area contributed by atoms with E-state index in [9.17, 15) is 9.90 Å². The standard InChI is InChI=1S/C14H20N2O2/c1-10-4-2-5-12(13(10)17)14(18)16(9-3-8-15)11-6-7-11/h2,4-5,11,17H,3,6-9,15H2,1H3. The third-order valence-corrected chi connectivity index (χ3v) is 3.32. The van der Waals surface area contributed by atoms with Crippen LogP contribution in [0.3, 0.4) is 0 Å². The van der Waals surface area contributed by atoms with Crippen molar-refractivity contribution < 1.29 is 9.90 Å². The highest BCUT2D eigenvalue weighted by atomic mass is 16.3. The molecule has 1 aromatic rings. The number of nitrogens with zero attached hydrogens (tertiary/aromatic N) is 1. The fourth-order valence-electron chi connectivity index (χ4n) is 2.08. The summed E-state index contributed by atoms with van der Waals surface area (Å²) in [5, 5.41) is 9.97. The molecule has 3 N–H and O–H groups in total. The molecule has 0 heterocycles. The third-order valence-electron chi connectivity index (χ3n) is 3.32. The number of aromatic hydroxyl groups is 1. The first-order valence-corrected chi connectivity index (χ1v) is 6.44. The second kappa shape index (κ2) is 5.40. The number of nitrogens with two attached hydrogens (primary N) is 1. The van der Waals surface area contributed by atoms with E-state index in [4.69, 9.17) is 5.73 Å². The average Bonchev–Trinajstić information content (AvgIpc) is 3.17. The lowest BCUT2D eigenvalue weighted by Gasteiger charge is -2.23. The summed E-state index contributed by atoms with van der Waals surface area (Å²) in [5.74, 6) is 0.0213. The van der Waals surface area contributed by atoms with Gasteiger partial charge in [-0.2, -0.15) is 0 Å². The van der Waals surface area contributed by atoms with Crippen LogP contribution in [0.15, 0.2) is 18.2 Å². The summed E-state index contributed by atoms with van der Waals surface area (Å²) in [7, 11) is 0. The topological polar surface area (TPSA) is 66.6 Å². The highest BCUT2D eigenvalue weighted by Gasteiger charge is 2.33. The van der Waals surface area contributed by atoms with E-state index in [2.05, 4.69) is 0 Å². The van der Waals surface area contributed by atoms with Crippen LogP contribution >= 0.6 is 0 Å². The molecule has 1 aliphatic rings. The van der Waals surface area contributed by atoms with Crippen LogP contribution in [0.5, 0.6) is 5.75 Å². The Labute approximate surface area is 107 Å². The molecule has 1 fully saturated rings. The second-order valence-corrected chi connectivity index (χ2v) is 4.84. The van der Waals surface area contributed by atoms with Crippen LogP contribution in [0.1, 0.15) is 35.2 Å². The Kier molecular flexibility index (Phi) is 3.87. The molecule has 0 spiro atoms. The van der Waals surface area contributed by atoms with Crippen molar-refractivity contribution in [2.24, 2.45) is 5.73 Å². The van der Waals surface area contributed by atoms with Crippen LogP contribution in [0.25, 0.3) is 0 Å². The van der Waals surface area contributed by atoms with Crippen molar-refractivity contribution in [3.8, 4) is 5.75 Å². The normalized spacial score (nSPS) is 14.6. The maximum absolute atomic E-state index is 12.4. The molecule has 2 rings (SSSR count). The zero-order valence-electron chi connectivity index (χ0n) is 10.7. The third kappa shape index (κ3) is 2.64. The van der Waals surface area contributed by atoms with Gasteiger partial charge in [-0.1, -0.05) is 12.1 Å². The van der Waals surface area contributed by atoms with Gasteiger partial charge in [0.05, 0.1) is 5.56 Å². The maximum Gasteiger partial charge on any atom is 0.257 e. The summed E-state index contributed by atoms with van der Waals surface area (Å²) in [6.07, 6.45) is 2.92. The van der Waals surface area contributed by atoms with Gasteiger partial charge in [-0.25, -0.2) is 0 Å². The fraction of sp³-hybridized carbons (Fsp3) is 0.500. The molecule has 0 radical (unpaired) electrons. The molecular formula is C14H20N2O2. The number of aryl methyl sites for hydroxylation is 1. The molecule has 0 bridgehead atoms. The number of phenols is 1. The van der Waals surface area contributed by atoms with E-state index in [1.165, 1.54) is 0 Å². The van der Waals surface area contributed by atoms with E-state index in [1.54, 1.807) is 25.1 Å². The van der Waals surface area contributed by atoms with Gasteiger partial charge in [-0.3, -0.25) is 4.79 Å². The Hall–Kier alpha value is -1.55. The first kappa shape index (κ1) is 12.9. The zero-order chi connectivity index (χ0) is 13.1. The summed E-state index contributed by atoms with van der Waals surface area (Å²) < 4.78 is 0. The number of carbonyl (C=O) groups is 1. The van der Waals surface area contributed by atoms with Crippen molar-refractivity contribution in [2.75, 3.05) is 13.1 Å². The monoisotopic (exact) mass is 248 g/mol. The molecule has 0 atom stereocenters. The van der Waals surface area contributed by atoms with Gasteiger partial charge in [0.1, 0.15) is 5.75 Å². The molecule has 1 aromatic carbocycles. The zero-order valence-corrected chi connectivity index (χ0v) is 10.7. The van der Waals surface area contributed by atoms with Crippen LogP contribution in [-0.2, 0) is 0 Å². The van der Waals surface area contributed by atoms with Gasteiger partial charge in [0.2, 0.25) is 0 Å². The van der Waals surface area contributed by atoms with Crippen molar-refractivity contribution in [3.05, 3.63) is 29.3 Å². The molecule has 1 aliphatic carbocycles. The lowest BCUT2D eigenvalue weighted by Crippen LogP contribution is -2.35. The summed E-state index contributed by atoms with van der Waals surface area (Å²) in [6.45, 7) is 3.05. The van der Waals surface area contributed by atoms with Gasteiger partial charge in [0.15, 0.2) is 0 Å². The van der Waals surface area contributed by atoms with Crippen molar-refractivity contribution in [1.82, 2.24) is 4.90 Å². The Morgan fingerprint density at radius 3 is 2.83 bits per heavy atom. The number of phenolic OH excluding ortho intramolecular Hbond substituents is 1. The van der Waals surface area contributed by atoms with Crippen molar-refractivity contribution >= 4 is 5.91 Å². The first-order valence-electron chi connectivity index (χ1n) is 6.44. The van der Waals surface area contributed by atoms with Crippen molar-refractivity contribution in [1.29, 1.82) is 0 Å². The average molecular weight is 248 g/mol. The molecule has 0 saturated heterocycles. The summed E-state index contributed by atoms with van der Waals surface area (Å²) in [4.78, 5) is 14.3. The molecule has 1 saturated carbocycles. The lowest BCUT2D eigenvalue weighted by atomic mass is 10.1. The van der Waals surface area contributed by atoms with E-state index in [0.29, 0.717) is 24.7 Å². The van der Waals surface area contributed by atoms with Crippen LogP contribution < -0.4 is 5.73 Å². The number of para-hydroxylation sites is 1. The largest absolute Gasteiger partial charge is 0.507 e.